The number of piperazine rings is 1. The molecule has 3 aromatic carbocycles. The molecule has 1 aliphatic heterocycles. The van der Waals surface area contributed by atoms with Gasteiger partial charge in [-0.2, -0.15) is 0 Å². The predicted octanol–water partition coefficient (Wildman–Crippen LogP) is 4.91. The van der Waals surface area contributed by atoms with E-state index in [4.69, 9.17) is 9.47 Å². The van der Waals surface area contributed by atoms with Gasteiger partial charge in [0.05, 0.1) is 7.11 Å². The number of methoxy groups -OCH3 is 1. The maximum absolute atomic E-state index is 13.1. The molecular formula is C26H27FN2O3. The average molecular weight is 435 g/mol. The number of hydrogen-bond donors (Lipinski definition) is 0. The lowest BCUT2D eigenvalue weighted by Gasteiger charge is -2.36. The van der Waals surface area contributed by atoms with Gasteiger partial charge in [-0.3, -0.25) is 4.79 Å². The van der Waals surface area contributed by atoms with E-state index in [1.807, 2.05) is 41.3 Å². The molecule has 0 radical (unpaired) electrons. The highest BCUT2D eigenvalue weighted by molar-refractivity contribution is 5.76. The molecule has 6 heteroatoms. The maximum atomic E-state index is 13.1. The summed E-state index contributed by atoms with van der Waals surface area (Å²) in [5.74, 6) is 1.97. The van der Waals surface area contributed by atoms with Gasteiger partial charge in [0.15, 0.2) is 0 Å². The quantitative estimate of drug-likeness (QED) is 0.530. The van der Waals surface area contributed by atoms with Crippen LogP contribution < -0.4 is 14.4 Å². The topological polar surface area (TPSA) is 42.0 Å². The zero-order chi connectivity index (χ0) is 22.3. The van der Waals surface area contributed by atoms with E-state index in [0.717, 1.165) is 43.2 Å². The molecule has 0 aromatic heterocycles. The standard InChI is InChI=1S/C26H27FN2O3/c1-31-23-12-8-22(9-13-23)28-15-17-29(18-16-28)26(30)14-5-20-3-2-4-25(19-20)32-24-10-6-21(27)7-11-24/h2-4,6-13,19H,5,14-18H2,1H3. The molecule has 0 spiro atoms. The summed E-state index contributed by atoms with van der Waals surface area (Å²) in [5.41, 5.74) is 2.19. The molecule has 5 nitrogen and oxygen atoms in total. The Balaban J connectivity index is 1.26. The number of amides is 1. The number of hydrogen-bond acceptors (Lipinski definition) is 4. The minimum absolute atomic E-state index is 0.171. The molecule has 0 atom stereocenters. The molecule has 0 saturated carbocycles. The van der Waals surface area contributed by atoms with Crippen molar-refractivity contribution in [3.63, 3.8) is 0 Å². The second-order valence-electron chi connectivity index (χ2n) is 7.77. The highest BCUT2D eigenvalue weighted by Crippen LogP contribution is 2.24. The Labute approximate surface area is 188 Å². The van der Waals surface area contributed by atoms with Crippen molar-refractivity contribution in [2.24, 2.45) is 0 Å². The summed E-state index contributed by atoms with van der Waals surface area (Å²) < 4.78 is 24.1. The second kappa shape index (κ2) is 10.2. The fourth-order valence-corrected chi connectivity index (χ4v) is 3.82. The third-order valence-electron chi connectivity index (χ3n) is 5.65. The van der Waals surface area contributed by atoms with Crippen molar-refractivity contribution in [1.29, 1.82) is 0 Å². The Kier molecular flexibility index (Phi) is 6.90. The molecule has 1 saturated heterocycles. The first-order valence-corrected chi connectivity index (χ1v) is 10.8. The van der Waals surface area contributed by atoms with Crippen LogP contribution in [0.25, 0.3) is 0 Å². The maximum Gasteiger partial charge on any atom is 0.223 e. The van der Waals surface area contributed by atoms with E-state index >= 15 is 0 Å². The Morgan fingerprint density at radius 1 is 0.875 bits per heavy atom. The fraction of sp³-hybridized carbons (Fsp3) is 0.269. The predicted molar refractivity (Wildman–Crippen MR) is 123 cm³/mol. The molecule has 4 rings (SSSR count). The van der Waals surface area contributed by atoms with Gasteiger partial charge in [-0.1, -0.05) is 12.1 Å². The molecule has 1 aliphatic rings. The first kappa shape index (κ1) is 21.7. The number of benzene rings is 3. The van der Waals surface area contributed by atoms with Gasteiger partial charge in [-0.25, -0.2) is 4.39 Å². The highest BCUT2D eigenvalue weighted by atomic mass is 19.1. The molecular weight excluding hydrogens is 407 g/mol. The van der Waals surface area contributed by atoms with Crippen LogP contribution in [0, 0.1) is 5.82 Å². The lowest BCUT2D eigenvalue weighted by molar-refractivity contribution is -0.131. The number of carbonyl (C=O) groups excluding carboxylic acids is 1. The van der Waals surface area contributed by atoms with Gasteiger partial charge in [0.1, 0.15) is 23.1 Å². The highest BCUT2D eigenvalue weighted by Gasteiger charge is 2.21. The molecule has 1 amide bonds. The summed E-state index contributed by atoms with van der Waals surface area (Å²) in [7, 11) is 1.66. The molecule has 0 N–H and O–H groups in total. The number of ether oxygens (including phenoxy) is 2. The van der Waals surface area contributed by atoms with E-state index in [2.05, 4.69) is 17.0 Å². The summed E-state index contributed by atoms with van der Waals surface area (Å²) >= 11 is 0. The second-order valence-corrected chi connectivity index (χ2v) is 7.77. The summed E-state index contributed by atoms with van der Waals surface area (Å²) in [6, 6.07) is 21.6. The first-order valence-electron chi connectivity index (χ1n) is 10.8. The monoisotopic (exact) mass is 434 g/mol. The van der Waals surface area contributed by atoms with Crippen molar-refractivity contribution in [3.05, 3.63) is 84.2 Å². The SMILES string of the molecule is COc1ccc(N2CCN(C(=O)CCc3cccc(Oc4ccc(F)cc4)c3)CC2)cc1. The number of halogens is 1. The number of carbonyl (C=O) groups is 1. The molecule has 32 heavy (non-hydrogen) atoms. The zero-order valence-electron chi connectivity index (χ0n) is 18.2. The normalized spacial score (nSPS) is 13.7. The Morgan fingerprint density at radius 3 is 2.25 bits per heavy atom. The van der Waals surface area contributed by atoms with Crippen LogP contribution in [0.15, 0.2) is 72.8 Å². The van der Waals surface area contributed by atoms with Crippen molar-refractivity contribution in [2.45, 2.75) is 12.8 Å². The van der Waals surface area contributed by atoms with Crippen LogP contribution in [0.3, 0.4) is 0 Å². The fourth-order valence-electron chi connectivity index (χ4n) is 3.82. The van der Waals surface area contributed by atoms with E-state index in [9.17, 15) is 9.18 Å². The number of rotatable bonds is 7. The van der Waals surface area contributed by atoms with Gasteiger partial charge < -0.3 is 19.3 Å². The van der Waals surface area contributed by atoms with Crippen LogP contribution in [0.5, 0.6) is 17.2 Å². The van der Waals surface area contributed by atoms with E-state index in [1.54, 1.807) is 19.2 Å². The summed E-state index contributed by atoms with van der Waals surface area (Å²) in [6.07, 6.45) is 1.11. The van der Waals surface area contributed by atoms with Crippen LogP contribution in [0.4, 0.5) is 10.1 Å². The average Bonchev–Trinajstić information content (AvgIpc) is 2.84. The molecule has 0 aliphatic carbocycles. The third-order valence-corrected chi connectivity index (χ3v) is 5.65. The summed E-state index contributed by atoms with van der Waals surface area (Å²) in [5, 5.41) is 0. The molecule has 0 unspecified atom stereocenters. The molecule has 166 valence electrons. The Morgan fingerprint density at radius 2 is 1.56 bits per heavy atom. The third kappa shape index (κ3) is 5.58. The van der Waals surface area contributed by atoms with Crippen molar-refractivity contribution in [1.82, 2.24) is 4.90 Å². The summed E-state index contributed by atoms with van der Waals surface area (Å²) in [6.45, 7) is 3.08. The van der Waals surface area contributed by atoms with Gasteiger partial charge in [0.2, 0.25) is 5.91 Å². The lowest BCUT2D eigenvalue weighted by atomic mass is 10.1. The summed E-state index contributed by atoms with van der Waals surface area (Å²) in [4.78, 5) is 17.0. The number of aryl methyl sites for hydroxylation is 1. The molecule has 1 heterocycles. The number of nitrogens with zero attached hydrogens (tertiary/aromatic N) is 2. The lowest BCUT2D eigenvalue weighted by Crippen LogP contribution is -2.48. The minimum Gasteiger partial charge on any atom is -0.497 e. The zero-order valence-corrected chi connectivity index (χ0v) is 18.2. The van der Waals surface area contributed by atoms with E-state index < -0.39 is 0 Å². The van der Waals surface area contributed by atoms with Gasteiger partial charge in [0, 0.05) is 38.3 Å². The van der Waals surface area contributed by atoms with Crippen LogP contribution in [0.1, 0.15) is 12.0 Å². The largest absolute Gasteiger partial charge is 0.497 e. The van der Waals surface area contributed by atoms with Crippen molar-refractivity contribution >= 4 is 11.6 Å². The minimum atomic E-state index is -0.297. The molecule has 3 aromatic rings. The van der Waals surface area contributed by atoms with Crippen LogP contribution in [-0.4, -0.2) is 44.1 Å². The Hall–Kier alpha value is -3.54. The van der Waals surface area contributed by atoms with Gasteiger partial charge in [0.25, 0.3) is 0 Å². The van der Waals surface area contributed by atoms with E-state index in [-0.39, 0.29) is 11.7 Å². The van der Waals surface area contributed by atoms with Gasteiger partial charge in [-0.15, -0.1) is 0 Å². The molecule has 1 fully saturated rings. The molecule has 0 bridgehead atoms. The van der Waals surface area contributed by atoms with Crippen LogP contribution in [-0.2, 0) is 11.2 Å². The smallest absolute Gasteiger partial charge is 0.223 e. The van der Waals surface area contributed by atoms with E-state index in [1.165, 1.54) is 12.1 Å². The van der Waals surface area contributed by atoms with Crippen molar-refractivity contribution in [2.75, 3.05) is 38.2 Å². The number of anilines is 1. The Bertz CT molecular complexity index is 1030. The van der Waals surface area contributed by atoms with Crippen molar-refractivity contribution in [3.8, 4) is 17.2 Å². The van der Waals surface area contributed by atoms with E-state index in [0.29, 0.717) is 24.3 Å². The van der Waals surface area contributed by atoms with Crippen LogP contribution in [0.2, 0.25) is 0 Å². The van der Waals surface area contributed by atoms with Gasteiger partial charge in [-0.05, 0) is 72.6 Å². The first-order chi connectivity index (χ1) is 15.6. The van der Waals surface area contributed by atoms with Crippen LogP contribution >= 0.6 is 0 Å². The van der Waals surface area contributed by atoms with Gasteiger partial charge >= 0.3 is 0 Å². The van der Waals surface area contributed by atoms with Crippen molar-refractivity contribution < 1.29 is 18.7 Å².